The molecule has 17 heavy (non-hydrogen) atoms. The van der Waals surface area contributed by atoms with Crippen LogP contribution in [0.2, 0.25) is 0 Å². The van der Waals surface area contributed by atoms with Crippen LogP contribution in [0.25, 0.3) is 0 Å². The van der Waals surface area contributed by atoms with Gasteiger partial charge >= 0.3 is 0 Å². The van der Waals surface area contributed by atoms with Crippen molar-refractivity contribution < 1.29 is 18.0 Å². The Balaban J connectivity index is 2.66. The molecule has 0 aliphatic carbocycles. The highest BCUT2D eigenvalue weighted by Crippen LogP contribution is 2.16. The fraction of sp³-hybridized carbons (Fsp3) is 0.462. The van der Waals surface area contributed by atoms with Gasteiger partial charge in [-0.15, -0.1) is 0 Å². The van der Waals surface area contributed by atoms with Gasteiger partial charge in [-0.05, 0) is 12.5 Å². The number of carbonyl (C=O) groups is 1. The van der Waals surface area contributed by atoms with E-state index in [9.17, 15) is 18.0 Å². The molecule has 0 amide bonds. The molecule has 0 heterocycles. The molecule has 0 aromatic heterocycles. The number of unbranched alkanes of at least 4 members (excludes halogenated alkanes) is 3. The Kier molecular flexibility index (Phi) is 5.19. The summed E-state index contributed by atoms with van der Waals surface area (Å²) in [5, 5.41) is 0. The molecule has 0 aliphatic heterocycles. The molecule has 94 valence electrons. The lowest BCUT2D eigenvalue weighted by Crippen LogP contribution is -2.04. The second-order valence-electron chi connectivity index (χ2n) is 3.98. The first-order valence-corrected chi connectivity index (χ1v) is 5.74. The molecule has 1 aromatic rings. The van der Waals surface area contributed by atoms with Crippen LogP contribution in [-0.4, -0.2) is 5.78 Å². The minimum atomic E-state index is -1.27. The number of carbonyl (C=O) groups excluding carboxylic acids is 1. The molecule has 1 rings (SSSR count). The fourth-order valence-corrected chi connectivity index (χ4v) is 1.58. The second-order valence-corrected chi connectivity index (χ2v) is 3.98. The predicted molar refractivity (Wildman–Crippen MR) is 59.4 cm³/mol. The summed E-state index contributed by atoms with van der Waals surface area (Å²) in [6, 6.07) is 1.04. The summed E-state index contributed by atoms with van der Waals surface area (Å²) in [5.41, 5.74) is -0.361. The van der Waals surface area contributed by atoms with Crippen LogP contribution in [0.3, 0.4) is 0 Å². The van der Waals surface area contributed by atoms with Gasteiger partial charge in [-0.2, -0.15) is 0 Å². The summed E-state index contributed by atoms with van der Waals surface area (Å²) < 4.78 is 38.7. The van der Waals surface area contributed by atoms with E-state index >= 15 is 0 Å². The van der Waals surface area contributed by atoms with Gasteiger partial charge in [0, 0.05) is 12.5 Å². The van der Waals surface area contributed by atoms with Crippen molar-refractivity contribution in [3.05, 3.63) is 35.1 Å². The molecule has 0 saturated heterocycles. The second kappa shape index (κ2) is 6.42. The van der Waals surface area contributed by atoms with E-state index in [1.165, 1.54) is 0 Å². The molecule has 4 heteroatoms. The lowest BCUT2D eigenvalue weighted by molar-refractivity contribution is 0.0974. The summed E-state index contributed by atoms with van der Waals surface area (Å²) in [6.07, 6.45) is 3.74. The van der Waals surface area contributed by atoms with E-state index in [4.69, 9.17) is 0 Å². The zero-order chi connectivity index (χ0) is 12.8. The van der Waals surface area contributed by atoms with Crippen molar-refractivity contribution in [3.63, 3.8) is 0 Å². The van der Waals surface area contributed by atoms with E-state index in [1.54, 1.807) is 0 Å². The normalized spacial score (nSPS) is 10.6. The standard InChI is InChI=1S/C13H15F3O/c1-2-3-4-5-6-13(17)9-7-11(15)12(16)8-10(9)14/h7-8H,2-6H2,1H3. The Morgan fingerprint density at radius 2 is 1.65 bits per heavy atom. The van der Waals surface area contributed by atoms with Crippen LogP contribution < -0.4 is 0 Å². The Hall–Kier alpha value is -1.32. The van der Waals surface area contributed by atoms with Crippen molar-refractivity contribution in [2.45, 2.75) is 39.0 Å². The van der Waals surface area contributed by atoms with Crippen LogP contribution in [0.1, 0.15) is 49.4 Å². The first-order valence-electron chi connectivity index (χ1n) is 5.74. The van der Waals surface area contributed by atoms with Gasteiger partial charge in [-0.25, -0.2) is 13.2 Å². The highest BCUT2D eigenvalue weighted by Gasteiger charge is 2.15. The molecule has 1 nitrogen and oxygen atoms in total. The average Bonchev–Trinajstić information content (AvgIpc) is 2.29. The fourth-order valence-electron chi connectivity index (χ4n) is 1.58. The summed E-state index contributed by atoms with van der Waals surface area (Å²) in [4.78, 5) is 11.6. The summed E-state index contributed by atoms with van der Waals surface area (Å²) in [6.45, 7) is 2.04. The van der Waals surface area contributed by atoms with E-state index in [1.807, 2.05) is 6.92 Å². The van der Waals surface area contributed by atoms with Crippen molar-refractivity contribution in [2.75, 3.05) is 0 Å². The smallest absolute Gasteiger partial charge is 0.165 e. The molecule has 0 atom stereocenters. The first kappa shape index (κ1) is 13.7. The Bertz CT molecular complexity index is 402. The number of hydrogen-bond acceptors (Lipinski definition) is 1. The van der Waals surface area contributed by atoms with Crippen LogP contribution in [-0.2, 0) is 0 Å². The van der Waals surface area contributed by atoms with Crippen molar-refractivity contribution in [1.82, 2.24) is 0 Å². The monoisotopic (exact) mass is 244 g/mol. The first-order chi connectivity index (χ1) is 8.06. The van der Waals surface area contributed by atoms with Gasteiger partial charge in [0.15, 0.2) is 17.4 Å². The van der Waals surface area contributed by atoms with Crippen molar-refractivity contribution in [1.29, 1.82) is 0 Å². The van der Waals surface area contributed by atoms with Crippen LogP contribution >= 0.6 is 0 Å². The maximum Gasteiger partial charge on any atom is 0.165 e. The van der Waals surface area contributed by atoms with Gasteiger partial charge in [0.1, 0.15) is 5.82 Å². The Morgan fingerprint density at radius 1 is 1.00 bits per heavy atom. The molecular weight excluding hydrogens is 229 g/mol. The maximum absolute atomic E-state index is 13.2. The lowest BCUT2D eigenvalue weighted by atomic mass is 10.0. The number of benzene rings is 1. The van der Waals surface area contributed by atoms with Gasteiger partial charge < -0.3 is 0 Å². The molecule has 0 radical (unpaired) electrons. The van der Waals surface area contributed by atoms with Crippen molar-refractivity contribution in [2.24, 2.45) is 0 Å². The molecular formula is C13H15F3O. The largest absolute Gasteiger partial charge is 0.294 e. The van der Waals surface area contributed by atoms with E-state index in [0.29, 0.717) is 18.6 Å². The van der Waals surface area contributed by atoms with Crippen LogP contribution in [0, 0.1) is 17.5 Å². The molecule has 0 unspecified atom stereocenters. The number of hydrogen-bond donors (Lipinski definition) is 0. The molecule has 1 aromatic carbocycles. The molecule has 0 spiro atoms. The van der Waals surface area contributed by atoms with Crippen molar-refractivity contribution in [3.8, 4) is 0 Å². The third-order valence-electron chi connectivity index (χ3n) is 2.57. The molecule has 0 N–H and O–H groups in total. The zero-order valence-corrected chi connectivity index (χ0v) is 9.73. The van der Waals surface area contributed by atoms with Gasteiger partial charge in [-0.3, -0.25) is 4.79 Å². The highest BCUT2D eigenvalue weighted by molar-refractivity contribution is 5.96. The highest BCUT2D eigenvalue weighted by atomic mass is 19.2. The molecule has 0 aliphatic rings. The lowest BCUT2D eigenvalue weighted by Gasteiger charge is -2.03. The third-order valence-corrected chi connectivity index (χ3v) is 2.57. The minimum absolute atomic E-state index is 0.169. The van der Waals surface area contributed by atoms with Crippen molar-refractivity contribution >= 4 is 5.78 Å². The summed E-state index contributed by atoms with van der Waals surface area (Å²) in [5.74, 6) is -3.93. The zero-order valence-electron chi connectivity index (χ0n) is 9.73. The predicted octanol–water partition coefficient (Wildman–Crippen LogP) is 4.26. The number of halogens is 3. The molecule has 0 fully saturated rings. The van der Waals surface area contributed by atoms with Gasteiger partial charge in [0.2, 0.25) is 0 Å². The number of ketones is 1. The summed E-state index contributed by atoms with van der Waals surface area (Å²) in [7, 11) is 0. The number of rotatable bonds is 6. The van der Waals surface area contributed by atoms with Gasteiger partial charge in [0.25, 0.3) is 0 Å². The van der Waals surface area contributed by atoms with E-state index in [0.717, 1.165) is 19.3 Å². The average molecular weight is 244 g/mol. The van der Waals surface area contributed by atoms with Crippen LogP contribution in [0.5, 0.6) is 0 Å². The Labute approximate surface area is 98.6 Å². The molecule has 0 saturated carbocycles. The van der Waals surface area contributed by atoms with E-state index < -0.39 is 23.2 Å². The van der Waals surface area contributed by atoms with Gasteiger partial charge in [0.05, 0.1) is 5.56 Å². The van der Waals surface area contributed by atoms with E-state index in [2.05, 4.69) is 0 Å². The number of Topliss-reactive ketones (excluding diaryl/α,β-unsaturated/α-hetero) is 1. The summed E-state index contributed by atoms with van der Waals surface area (Å²) >= 11 is 0. The SMILES string of the molecule is CCCCCCC(=O)c1cc(F)c(F)cc1F. The maximum atomic E-state index is 13.2. The minimum Gasteiger partial charge on any atom is -0.294 e. The van der Waals surface area contributed by atoms with Crippen LogP contribution in [0.4, 0.5) is 13.2 Å². The Morgan fingerprint density at radius 3 is 2.29 bits per heavy atom. The van der Waals surface area contributed by atoms with Gasteiger partial charge in [-0.1, -0.05) is 26.2 Å². The van der Waals surface area contributed by atoms with Crippen LogP contribution in [0.15, 0.2) is 12.1 Å². The topological polar surface area (TPSA) is 17.1 Å². The third kappa shape index (κ3) is 3.88. The molecule has 0 bridgehead atoms. The quantitative estimate of drug-likeness (QED) is 0.415. The van der Waals surface area contributed by atoms with E-state index in [-0.39, 0.29) is 12.0 Å².